The van der Waals surface area contributed by atoms with E-state index in [2.05, 4.69) is 46.2 Å². The molecule has 4 heteroatoms. The van der Waals surface area contributed by atoms with Crippen molar-refractivity contribution in [3.8, 4) is 5.69 Å². The van der Waals surface area contributed by atoms with Crippen molar-refractivity contribution in [2.75, 3.05) is 0 Å². The number of nitrogens with zero attached hydrogens (tertiary/aromatic N) is 1. The van der Waals surface area contributed by atoms with Gasteiger partial charge in [0.25, 0.3) is 0 Å². The second kappa shape index (κ2) is 5.11. The number of hydrogen-bond donors (Lipinski definition) is 1. The van der Waals surface area contributed by atoms with Crippen LogP contribution in [-0.4, -0.2) is 9.67 Å². The van der Waals surface area contributed by atoms with Crippen LogP contribution in [0.15, 0.2) is 24.3 Å². The summed E-state index contributed by atoms with van der Waals surface area (Å²) in [6.07, 6.45) is 2.63. The second-order valence-corrected chi connectivity index (χ2v) is 6.63. The van der Waals surface area contributed by atoms with E-state index < -0.39 is 0 Å². The quantitative estimate of drug-likeness (QED) is 0.720. The molecule has 1 aliphatic rings. The number of rotatable bonds is 1. The molecule has 0 radical (unpaired) electrons. The third-order valence-electron chi connectivity index (χ3n) is 3.72. The number of halogens is 2. The van der Waals surface area contributed by atoms with Crippen LogP contribution in [0.1, 0.15) is 35.9 Å². The minimum absolute atomic E-state index is 0.311. The van der Waals surface area contributed by atoms with E-state index in [1.165, 1.54) is 11.4 Å². The summed E-state index contributed by atoms with van der Waals surface area (Å²) in [5, 5.41) is 10.9. The maximum atomic E-state index is 10.1. The summed E-state index contributed by atoms with van der Waals surface area (Å²) in [6.45, 7) is 2.09. The smallest absolute Gasteiger partial charge is 0.0807 e. The molecule has 0 saturated carbocycles. The standard InChI is InChI=1S/C15H15ClINO/c1-9-7-11-13(3-2-4-15(11)19)18(9)14-6-5-10(16)8-12(14)17/h5-8,15,19H,2-4H2,1H3. The molecular formula is C15H15ClINO. The van der Waals surface area contributed by atoms with Crippen LogP contribution >= 0.6 is 34.2 Å². The Hall–Kier alpha value is -0.520. The molecule has 0 bridgehead atoms. The highest BCUT2D eigenvalue weighted by molar-refractivity contribution is 14.1. The zero-order valence-electron chi connectivity index (χ0n) is 10.7. The van der Waals surface area contributed by atoms with Crippen molar-refractivity contribution >= 4 is 34.2 Å². The van der Waals surface area contributed by atoms with Gasteiger partial charge in [0.2, 0.25) is 0 Å². The van der Waals surface area contributed by atoms with Gasteiger partial charge in [-0.25, -0.2) is 0 Å². The molecule has 1 aliphatic carbocycles. The second-order valence-electron chi connectivity index (χ2n) is 5.03. The van der Waals surface area contributed by atoms with Crippen molar-refractivity contribution in [3.63, 3.8) is 0 Å². The molecule has 1 atom stereocenters. The van der Waals surface area contributed by atoms with E-state index in [4.69, 9.17) is 11.6 Å². The third-order valence-corrected chi connectivity index (χ3v) is 4.82. The highest BCUT2D eigenvalue weighted by Gasteiger charge is 2.24. The fourth-order valence-corrected chi connectivity index (χ4v) is 3.99. The van der Waals surface area contributed by atoms with Crippen molar-refractivity contribution < 1.29 is 5.11 Å². The molecule has 0 spiro atoms. The first-order chi connectivity index (χ1) is 9.08. The molecular weight excluding hydrogens is 373 g/mol. The Morgan fingerprint density at radius 3 is 2.89 bits per heavy atom. The molecule has 0 amide bonds. The molecule has 1 heterocycles. The van der Waals surface area contributed by atoms with E-state index in [1.807, 2.05) is 12.1 Å². The minimum Gasteiger partial charge on any atom is -0.388 e. The molecule has 0 fully saturated rings. The van der Waals surface area contributed by atoms with E-state index in [1.54, 1.807) is 0 Å². The summed E-state index contributed by atoms with van der Waals surface area (Å²) in [4.78, 5) is 0. The van der Waals surface area contributed by atoms with Crippen LogP contribution in [0.5, 0.6) is 0 Å². The molecule has 2 nitrogen and oxygen atoms in total. The number of benzene rings is 1. The molecule has 1 N–H and O–H groups in total. The molecule has 0 aliphatic heterocycles. The monoisotopic (exact) mass is 387 g/mol. The Morgan fingerprint density at radius 2 is 2.16 bits per heavy atom. The molecule has 1 aromatic heterocycles. The first-order valence-electron chi connectivity index (χ1n) is 6.42. The number of aryl methyl sites for hydroxylation is 1. The maximum absolute atomic E-state index is 10.1. The van der Waals surface area contributed by atoms with Crippen molar-refractivity contribution in [1.82, 2.24) is 4.57 Å². The van der Waals surface area contributed by atoms with E-state index in [0.717, 1.165) is 39.1 Å². The van der Waals surface area contributed by atoms with Gasteiger partial charge in [-0.1, -0.05) is 11.6 Å². The van der Waals surface area contributed by atoms with Crippen molar-refractivity contribution in [2.45, 2.75) is 32.3 Å². The number of fused-ring (bicyclic) bond motifs is 1. The molecule has 1 aromatic carbocycles. The molecule has 2 aromatic rings. The highest BCUT2D eigenvalue weighted by Crippen LogP contribution is 2.35. The fourth-order valence-electron chi connectivity index (χ4n) is 2.88. The van der Waals surface area contributed by atoms with Gasteiger partial charge in [0.15, 0.2) is 0 Å². The zero-order valence-corrected chi connectivity index (χ0v) is 13.6. The highest BCUT2D eigenvalue weighted by atomic mass is 127. The van der Waals surface area contributed by atoms with E-state index in [9.17, 15) is 5.11 Å². The van der Waals surface area contributed by atoms with Gasteiger partial charge in [-0.05, 0) is 73.0 Å². The lowest BCUT2D eigenvalue weighted by molar-refractivity contribution is 0.156. The number of hydrogen-bond acceptors (Lipinski definition) is 1. The largest absolute Gasteiger partial charge is 0.388 e. The Balaban J connectivity index is 2.20. The fraction of sp³-hybridized carbons (Fsp3) is 0.333. The average molecular weight is 388 g/mol. The van der Waals surface area contributed by atoms with Crippen molar-refractivity contribution in [3.05, 3.63) is 49.8 Å². The zero-order chi connectivity index (χ0) is 13.6. The molecule has 19 heavy (non-hydrogen) atoms. The Labute approximate surface area is 131 Å². The van der Waals surface area contributed by atoms with Gasteiger partial charge in [0, 0.05) is 25.5 Å². The average Bonchev–Trinajstić information content (AvgIpc) is 2.68. The third kappa shape index (κ3) is 2.32. The lowest BCUT2D eigenvalue weighted by Gasteiger charge is -2.21. The first kappa shape index (κ1) is 13.5. The van der Waals surface area contributed by atoms with Crippen molar-refractivity contribution in [2.24, 2.45) is 0 Å². The van der Waals surface area contributed by atoms with Crippen molar-refractivity contribution in [1.29, 1.82) is 0 Å². The number of aliphatic hydroxyl groups is 1. The predicted molar refractivity (Wildman–Crippen MR) is 86.1 cm³/mol. The summed E-state index contributed by atoms with van der Waals surface area (Å²) >= 11 is 8.35. The van der Waals surface area contributed by atoms with Gasteiger partial charge in [0.1, 0.15) is 0 Å². The molecule has 100 valence electrons. The minimum atomic E-state index is -0.311. The van der Waals surface area contributed by atoms with Crippen LogP contribution in [0.3, 0.4) is 0 Å². The summed E-state index contributed by atoms with van der Waals surface area (Å²) < 4.78 is 3.39. The molecule has 1 unspecified atom stereocenters. The predicted octanol–water partition coefficient (Wildman–Crippen LogP) is 4.41. The van der Waals surface area contributed by atoms with Crippen LogP contribution in [0, 0.1) is 10.5 Å². The number of aromatic nitrogens is 1. The van der Waals surface area contributed by atoms with Gasteiger partial charge in [-0.2, -0.15) is 0 Å². The summed E-state index contributed by atoms with van der Waals surface area (Å²) in [7, 11) is 0. The summed E-state index contributed by atoms with van der Waals surface area (Å²) in [6, 6.07) is 8.06. The van der Waals surface area contributed by atoms with Gasteiger partial charge in [-0.15, -0.1) is 0 Å². The first-order valence-corrected chi connectivity index (χ1v) is 7.88. The summed E-state index contributed by atoms with van der Waals surface area (Å²) in [5.74, 6) is 0. The van der Waals surface area contributed by atoms with Crippen LogP contribution in [-0.2, 0) is 6.42 Å². The number of aliphatic hydroxyl groups excluding tert-OH is 1. The SMILES string of the molecule is Cc1cc2c(n1-c1ccc(Cl)cc1I)CCCC2O. The summed E-state index contributed by atoms with van der Waals surface area (Å²) in [5.41, 5.74) is 4.66. The lowest BCUT2D eigenvalue weighted by atomic mass is 9.95. The Morgan fingerprint density at radius 1 is 1.37 bits per heavy atom. The van der Waals surface area contributed by atoms with Gasteiger partial charge in [-0.3, -0.25) is 0 Å². The Bertz CT molecular complexity index is 635. The van der Waals surface area contributed by atoms with Gasteiger partial charge < -0.3 is 9.67 Å². The van der Waals surface area contributed by atoms with E-state index >= 15 is 0 Å². The van der Waals surface area contributed by atoms with Crippen LogP contribution in [0.25, 0.3) is 5.69 Å². The Kier molecular flexibility index (Phi) is 3.62. The molecule has 0 saturated heterocycles. The van der Waals surface area contributed by atoms with Crippen LogP contribution in [0.4, 0.5) is 0 Å². The van der Waals surface area contributed by atoms with Crippen LogP contribution in [0.2, 0.25) is 5.02 Å². The topological polar surface area (TPSA) is 25.2 Å². The lowest BCUT2D eigenvalue weighted by Crippen LogP contribution is -2.12. The van der Waals surface area contributed by atoms with Gasteiger partial charge >= 0.3 is 0 Å². The van der Waals surface area contributed by atoms with E-state index in [-0.39, 0.29) is 6.10 Å². The maximum Gasteiger partial charge on any atom is 0.0807 e. The van der Waals surface area contributed by atoms with Crippen LogP contribution < -0.4 is 0 Å². The van der Waals surface area contributed by atoms with E-state index in [0.29, 0.717) is 0 Å². The normalized spacial score (nSPS) is 18.4. The molecule has 3 rings (SSSR count). The van der Waals surface area contributed by atoms with Gasteiger partial charge in [0.05, 0.1) is 11.8 Å².